The van der Waals surface area contributed by atoms with E-state index in [0.29, 0.717) is 27.1 Å². The Morgan fingerprint density at radius 1 is 1.00 bits per heavy atom. The fourth-order valence-electron chi connectivity index (χ4n) is 2.74. The van der Waals surface area contributed by atoms with Crippen molar-refractivity contribution in [3.05, 3.63) is 57.6 Å². The number of hydrogen-bond donors (Lipinski definition) is 0. The van der Waals surface area contributed by atoms with Gasteiger partial charge in [-0.1, -0.05) is 35.3 Å². The zero-order valence-electron chi connectivity index (χ0n) is 13.8. The normalized spacial score (nSPS) is 12.6. The molecule has 0 unspecified atom stereocenters. The van der Waals surface area contributed by atoms with Gasteiger partial charge in [0, 0.05) is 22.4 Å². The number of nitrogens with zero attached hydrogens (tertiary/aromatic N) is 2. The molecule has 2 aromatic carbocycles. The van der Waals surface area contributed by atoms with Crippen LogP contribution >= 0.6 is 23.2 Å². The van der Waals surface area contributed by atoms with Gasteiger partial charge in [-0.15, -0.1) is 0 Å². The Kier molecular flexibility index (Phi) is 6.53. The van der Waals surface area contributed by atoms with Gasteiger partial charge >= 0.3 is 0 Å². The highest BCUT2D eigenvalue weighted by atomic mass is 35.5. The fourth-order valence-corrected chi connectivity index (χ4v) is 3.27. The molecule has 2 aromatic rings. The van der Waals surface area contributed by atoms with Crippen LogP contribution in [0.5, 0.6) is 11.5 Å². The Balaban J connectivity index is 2.52. The smallest absolute Gasteiger partial charge is 0.160 e. The number of rotatable bonds is 6. The average Bonchev–Trinajstić information content (AvgIpc) is 2.62. The first kappa shape index (κ1) is 18.9. The molecule has 0 saturated carbocycles. The van der Waals surface area contributed by atoms with Crippen molar-refractivity contribution >= 4 is 23.2 Å². The van der Waals surface area contributed by atoms with E-state index in [-0.39, 0.29) is 12.3 Å². The molecule has 128 valence electrons. The van der Waals surface area contributed by atoms with Crippen molar-refractivity contribution in [3.63, 3.8) is 0 Å². The Bertz CT molecular complexity index is 840. The van der Waals surface area contributed by atoms with Gasteiger partial charge in [0.25, 0.3) is 0 Å². The maximum atomic E-state index is 9.75. The van der Waals surface area contributed by atoms with Gasteiger partial charge in [0.05, 0.1) is 32.3 Å². The summed E-state index contributed by atoms with van der Waals surface area (Å²) in [4.78, 5) is 0. The number of methoxy groups -OCH3 is 2. The second kappa shape index (κ2) is 8.62. The van der Waals surface area contributed by atoms with Crippen molar-refractivity contribution in [1.29, 1.82) is 10.5 Å². The fraction of sp³-hybridized carbons (Fsp3) is 0.263. The molecule has 4 nitrogen and oxygen atoms in total. The molecule has 0 amide bonds. The lowest BCUT2D eigenvalue weighted by Gasteiger charge is -2.22. The summed E-state index contributed by atoms with van der Waals surface area (Å²) in [5.41, 5.74) is 1.44. The van der Waals surface area contributed by atoms with Crippen LogP contribution in [0.2, 0.25) is 10.0 Å². The predicted molar refractivity (Wildman–Crippen MR) is 97.3 cm³/mol. The minimum Gasteiger partial charge on any atom is -0.493 e. The van der Waals surface area contributed by atoms with Gasteiger partial charge in [0.2, 0.25) is 0 Å². The van der Waals surface area contributed by atoms with Crippen LogP contribution in [-0.2, 0) is 0 Å². The highest BCUT2D eigenvalue weighted by Crippen LogP contribution is 2.41. The second-order valence-electron chi connectivity index (χ2n) is 5.36. The molecule has 2 atom stereocenters. The van der Waals surface area contributed by atoms with Gasteiger partial charge in [-0.05, 0) is 35.4 Å². The third kappa shape index (κ3) is 4.17. The zero-order valence-corrected chi connectivity index (χ0v) is 15.3. The zero-order chi connectivity index (χ0) is 18.4. The summed E-state index contributed by atoms with van der Waals surface area (Å²) in [6.07, 6.45) is 0.159. The van der Waals surface area contributed by atoms with Gasteiger partial charge in [-0.3, -0.25) is 0 Å². The third-order valence-corrected chi connectivity index (χ3v) is 4.55. The molecule has 0 saturated heterocycles. The summed E-state index contributed by atoms with van der Waals surface area (Å²) in [5, 5.41) is 19.9. The van der Waals surface area contributed by atoms with Gasteiger partial charge in [-0.25, -0.2) is 0 Å². The summed E-state index contributed by atoms with van der Waals surface area (Å²) in [5.74, 6) is 0.165. The molecule has 2 rings (SSSR count). The van der Waals surface area contributed by atoms with E-state index in [0.717, 1.165) is 5.56 Å². The highest BCUT2D eigenvalue weighted by molar-refractivity contribution is 6.35. The molecule has 0 aliphatic carbocycles. The summed E-state index contributed by atoms with van der Waals surface area (Å²) in [6, 6.07) is 14.8. The van der Waals surface area contributed by atoms with E-state index >= 15 is 0 Å². The van der Waals surface area contributed by atoms with Crippen molar-refractivity contribution < 1.29 is 9.47 Å². The molecule has 0 aliphatic heterocycles. The highest BCUT2D eigenvalue weighted by Gasteiger charge is 2.27. The van der Waals surface area contributed by atoms with Crippen molar-refractivity contribution in [1.82, 2.24) is 0 Å². The molecule has 0 aromatic heterocycles. The predicted octanol–water partition coefficient (Wildman–Crippen LogP) is 5.32. The third-order valence-electron chi connectivity index (χ3n) is 3.99. The minimum atomic E-state index is -0.595. The van der Waals surface area contributed by atoms with Gasteiger partial charge < -0.3 is 9.47 Å². The second-order valence-corrected chi connectivity index (χ2v) is 6.20. The first-order chi connectivity index (χ1) is 12.0. The van der Waals surface area contributed by atoms with E-state index in [9.17, 15) is 10.5 Å². The van der Waals surface area contributed by atoms with Crippen LogP contribution in [0.25, 0.3) is 0 Å². The van der Waals surface area contributed by atoms with Gasteiger partial charge in [0.15, 0.2) is 11.5 Å². The molecular formula is C19H16Cl2N2O2. The SMILES string of the molecule is COc1ccc([C@@H](CC#N)[C@H](C#N)c2ccc(Cl)cc2Cl)cc1OC. The van der Waals surface area contributed by atoms with Crippen molar-refractivity contribution in [3.8, 4) is 23.6 Å². The van der Waals surface area contributed by atoms with E-state index in [1.807, 2.05) is 6.07 Å². The largest absolute Gasteiger partial charge is 0.493 e. The van der Waals surface area contributed by atoms with Gasteiger partial charge in [-0.2, -0.15) is 10.5 Å². The number of halogens is 2. The van der Waals surface area contributed by atoms with Crippen LogP contribution in [0.3, 0.4) is 0 Å². The molecule has 0 fully saturated rings. The van der Waals surface area contributed by atoms with Crippen LogP contribution in [0.1, 0.15) is 29.4 Å². The number of nitriles is 2. The average molecular weight is 375 g/mol. The van der Waals surface area contributed by atoms with E-state index in [4.69, 9.17) is 32.7 Å². The lowest BCUT2D eigenvalue weighted by atomic mass is 9.80. The van der Waals surface area contributed by atoms with Crippen LogP contribution in [-0.4, -0.2) is 14.2 Å². The lowest BCUT2D eigenvalue weighted by molar-refractivity contribution is 0.354. The van der Waals surface area contributed by atoms with Crippen molar-refractivity contribution in [2.24, 2.45) is 0 Å². The summed E-state index contributed by atoms with van der Waals surface area (Å²) in [7, 11) is 3.09. The van der Waals surface area contributed by atoms with E-state index in [2.05, 4.69) is 12.1 Å². The van der Waals surface area contributed by atoms with Crippen LogP contribution in [0.15, 0.2) is 36.4 Å². The molecule has 0 N–H and O–H groups in total. The summed E-state index contributed by atoms with van der Waals surface area (Å²) < 4.78 is 10.6. The van der Waals surface area contributed by atoms with Crippen LogP contribution in [0.4, 0.5) is 0 Å². The molecule has 0 bridgehead atoms. The van der Waals surface area contributed by atoms with Crippen LogP contribution < -0.4 is 9.47 Å². The number of ether oxygens (including phenoxy) is 2. The molecule has 0 spiro atoms. The number of hydrogen-bond acceptors (Lipinski definition) is 4. The Morgan fingerprint density at radius 3 is 2.28 bits per heavy atom. The van der Waals surface area contributed by atoms with Crippen LogP contribution in [0, 0.1) is 22.7 Å². The Morgan fingerprint density at radius 2 is 1.72 bits per heavy atom. The van der Waals surface area contributed by atoms with Gasteiger partial charge in [0.1, 0.15) is 0 Å². The van der Waals surface area contributed by atoms with E-state index in [1.54, 1.807) is 44.6 Å². The first-order valence-electron chi connectivity index (χ1n) is 7.49. The Hall–Kier alpha value is -2.40. The summed E-state index contributed by atoms with van der Waals surface area (Å²) >= 11 is 12.2. The molecule has 0 radical (unpaired) electrons. The molecule has 0 heterocycles. The number of benzene rings is 2. The summed E-state index contributed by atoms with van der Waals surface area (Å²) in [6.45, 7) is 0. The maximum absolute atomic E-state index is 9.75. The Labute approximate surface area is 157 Å². The lowest BCUT2D eigenvalue weighted by Crippen LogP contribution is -2.11. The molecular weight excluding hydrogens is 359 g/mol. The standard InChI is InChI=1S/C19H16Cl2N2O2/c1-24-18-6-3-12(9-19(18)25-2)14(7-8-22)16(11-23)15-5-4-13(20)10-17(15)21/h3-6,9-10,14,16H,7H2,1-2H3/t14-,16+/m1/s1. The van der Waals surface area contributed by atoms with E-state index in [1.165, 1.54) is 0 Å². The topological polar surface area (TPSA) is 66.0 Å². The van der Waals surface area contributed by atoms with Crippen molar-refractivity contribution in [2.75, 3.05) is 14.2 Å². The quantitative estimate of drug-likeness (QED) is 0.686. The molecule has 6 heteroatoms. The first-order valence-corrected chi connectivity index (χ1v) is 8.24. The molecule has 0 aliphatic rings. The van der Waals surface area contributed by atoms with E-state index < -0.39 is 5.92 Å². The maximum Gasteiger partial charge on any atom is 0.160 e. The monoisotopic (exact) mass is 374 g/mol. The molecule has 25 heavy (non-hydrogen) atoms. The minimum absolute atomic E-state index is 0.159. The van der Waals surface area contributed by atoms with Crippen molar-refractivity contribution in [2.45, 2.75) is 18.3 Å².